The Kier molecular flexibility index (Phi) is 4.40. The molecule has 1 atom stereocenters. The minimum Gasteiger partial charge on any atom is -0.488 e. The van der Waals surface area contributed by atoms with Gasteiger partial charge in [-0.25, -0.2) is 0 Å². The van der Waals surface area contributed by atoms with Crippen molar-refractivity contribution in [2.75, 3.05) is 0 Å². The van der Waals surface area contributed by atoms with Crippen molar-refractivity contribution in [2.45, 2.75) is 26.6 Å². The van der Waals surface area contributed by atoms with Gasteiger partial charge >= 0.3 is 0 Å². The summed E-state index contributed by atoms with van der Waals surface area (Å²) in [5, 5.41) is 10.3. The highest BCUT2D eigenvalue weighted by molar-refractivity contribution is 6.30. The molecule has 0 unspecified atom stereocenters. The average molecular weight is 278 g/mol. The SMILES string of the molecule is Cc1cncc(COc2ccc(Cl)cc2[C@@H](C)O)c1. The lowest BCUT2D eigenvalue weighted by Crippen LogP contribution is -2.01. The van der Waals surface area contributed by atoms with E-state index in [0.717, 1.165) is 11.1 Å². The molecule has 1 N–H and O–H groups in total. The van der Waals surface area contributed by atoms with Crippen LogP contribution >= 0.6 is 11.6 Å². The van der Waals surface area contributed by atoms with Gasteiger partial charge in [-0.3, -0.25) is 4.98 Å². The quantitative estimate of drug-likeness (QED) is 0.927. The average Bonchev–Trinajstić information content (AvgIpc) is 2.37. The third-order valence-electron chi connectivity index (χ3n) is 2.75. The molecule has 0 radical (unpaired) electrons. The molecule has 0 saturated heterocycles. The zero-order chi connectivity index (χ0) is 13.8. The van der Waals surface area contributed by atoms with Crippen LogP contribution in [0.4, 0.5) is 0 Å². The second-order valence-electron chi connectivity index (χ2n) is 4.52. The van der Waals surface area contributed by atoms with Crippen LogP contribution in [0.2, 0.25) is 5.02 Å². The second kappa shape index (κ2) is 6.04. The highest BCUT2D eigenvalue weighted by Gasteiger charge is 2.10. The molecule has 0 aliphatic rings. The minimum absolute atomic E-state index is 0.413. The predicted molar refractivity (Wildman–Crippen MR) is 75.4 cm³/mol. The van der Waals surface area contributed by atoms with Crippen molar-refractivity contribution in [1.82, 2.24) is 4.98 Å². The maximum atomic E-state index is 9.72. The Morgan fingerprint density at radius 1 is 1.32 bits per heavy atom. The largest absolute Gasteiger partial charge is 0.488 e. The van der Waals surface area contributed by atoms with E-state index in [9.17, 15) is 5.11 Å². The van der Waals surface area contributed by atoms with E-state index in [0.29, 0.717) is 22.9 Å². The number of benzene rings is 1. The Hall–Kier alpha value is -1.58. The summed E-state index contributed by atoms with van der Waals surface area (Å²) in [5.41, 5.74) is 2.77. The number of aliphatic hydroxyl groups excluding tert-OH is 1. The van der Waals surface area contributed by atoms with E-state index in [1.54, 1.807) is 37.5 Å². The van der Waals surface area contributed by atoms with Crippen molar-refractivity contribution in [3.8, 4) is 5.75 Å². The maximum Gasteiger partial charge on any atom is 0.125 e. The number of nitrogens with zero attached hydrogens (tertiary/aromatic N) is 1. The summed E-state index contributed by atoms with van der Waals surface area (Å²) in [4.78, 5) is 4.12. The highest BCUT2D eigenvalue weighted by Crippen LogP contribution is 2.28. The molecule has 0 aliphatic heterocycles. The molecule has 4 heteroatoms. The van der Waals surface area contributed by atoms with Crippen LogP contribution in [0.3, 0.4) is 0 Å². The van der Waals surface area contributed by atoms with E-state index < -0.39 is 6.10 Å². The molecular formula is C15H16ClNO2. The van der Waals surface area contributed by atoms with E-state index in [4.69, 9.17) is 16.3 Å². The molecule has 0 amide bonds. The molecule has 19 heavy (non-hydrogen) atoms. The smallest absolute Gasteiger partial charge is 0.125 e. The number of rotatable bonds is 4. The minimum atomic E-state index is -0.621. The number of aryl methyl sites for hydroxylation is 1. The first-order chi connectivity index (χ1) is 9.06. The van der Waals surface area contributed by atoms with Gasteiger partial charge in [0.25, 0.3) is 0 Å². The summed E-state index contributed by atoms with van der Waals surface area (Å²) in [6.07, 6.45) is 2.95. The van der Waals surface area contributed by atoms with Gasteiger partial charge in [-0.15, -0.1) is 0 Å². The lowest BCUT2D eigenvalue weighted by atomic mass is 10.1. The molecular weight excluding hydrogens is 262 g/mol. The standard InChI is InChI=1S/C15H16ClNO2/c1-10-5-12(8-17-7-10)9-19-15-4-3-13(16)6-14(15)11(2)18/h3-8,11,18H,9H2,1-2H3/t11-/m1/s1. The molecule has 0 saturated carbocycles. The molecule has 3 nitrogen and oxygen atoms in total. The van der Waals surface area contributed by atoms with Crippen molar-refractivity contribution in [2.24, 2.45) is 0 Å². The number of halogens is 1. The Balaban J connectivity index is 2.15. The van der Waals surface area contributed by atoms with Gasteiger partial charge in [0.05, 0.1) is 6.10 Å². The molecule has 2 rings (SSSR count). The maximum absolute atomic E-state index is 9.72. The Morgan fingerprint density at radius 3 is 2.79 bits per heavy atom. The summed E-state index contributed by atoms with van der Waals surface area (Å²) >= 11 is 5.92. The molecule has 0 aliphatic carbocycles. The molecule has 0 fully saturated rings. The van der Waals surface area contributed by atoms with Crippen molar-refractivity contribution in [3.05, 3.63) is 58.4 Å². The number of hydrogen-bond donors (Lipinski definition) is 1. The zero-order valence-corrected chi connectivity index (χ0v) is 11.7. The first kappa shape index (κ1) is 13.8. The van der Waals surface area contributed by atoms with E-state index in [1.165, 1.54) is 0 Å². The topological polar surface area (TPSA) is 42.4 Å². The Bertz CT molecular complexity index is 570. The Labute approximate surface area is 117 Å². The fourth-order valence-corrected chi connectivity index (χ4v) is 2.02. The van der Waals surface area contributed by atoms with Crippen molar-refractivity contribution in [3.63, 3.8) is 0 Å². The zero-order valence-electron chi connectivity index (χ0n) is 10.9. The summed E-state index contributed by atoms with van der Waals surface area (Å²) in [6, 6.07) is 7.26. The van der Waals surface area contributed by atoms with Gasteiger partial charge in [0.2, 0.25) is 0 Å². The first-order valence-corrected chi connectivity index (χ1v) is 6.45. The van der Waals surface area contributed by atoms with Crippen LogP contribution in [0, 0.1) is 6.92 Å². The van der Waals surface area contributed by atoms with Gasteiger partial charge in [0, 0.05) is 28.5 Å². The number of pyridine rings is 1. The fourth-order valence-electron chi connectivity index (χ4n) is 1.83. The number of aliphatic hydroxyl groups is 1. The third-order valence-corrected chi connectivity index (χ3v) is 2.98. The molecule has 1 heterocycles. The van der Waals surface area contributed by atoms with Crippen molar-refractivity contribution in [1.29, 1.82) is 0 Å². The van der Waals surface area contributed by atoms with Crippen LogP contribution in [0.15, 0.2) is 36.7 Å². The summed E-state index contributed by atoms with van der Waals surface area (Å²) in [7, 11) is 0. The van der Waals surface area contributed by atoms with Crippen LogP contribution in [0.1, 0.15) is 29.7 Å². The van der Waals surface area contributed by atoms with Crippen LogP contribution in [0.25, 0.3) is 0 Å². The first-order valence-electron chi connectivity index (χ1n) is 6.07. The third kappa shape index (κ3) is 3.69. The van der Waals surface area contributed by atoms with Gasteiger partial charge in [-0.2, -0.15) is 0 Å². The Morgan fingerprint density at radius 2 is 2.11 bits per heavy atom. The normalized spacial score (nSPS) is 12.2. The van der Waals surface area contributed by atoms with Crippen molar-refractivity contribution >= 4 is 11.6 Å². The van der Waals surface area contributed by atoms with E-state index >= 15 is 0 Å². The molecule has 1 aromatic heterocycles. The molecule has 0 bridgehead atoms. The number of hydrogen-bond acceptors (Lipinski definition) is 3. The summed E-state index contributed by atoms with van der Waals surface area (Å²) in [6.45, 7) is 4.09. The van der Waals surface area contributed by atoms with Crippen LogP contribution in [-0.2, 0) is 6.61 Å². The predicted octanol–water partition coefficient (Wildman–Crippen LogP) is 3.68. The lowest BCUT2D eigenvalue weighted by Gasteiger charge is -2.14. The lowest BCUT2D eigenvalue weighted by molar-refractivity contribution is 0.190. The number of ether oxygens (including phenoxy) is 1. The molecule has 1 aromatic carbocycles. The second-order valence-corrected chi connectivity index (χ2v) is 4.95. The van der Waals surface area contributed by atoms with Gasteiger partial charge in [0.15, 0.2) is 0 Å². The van der Waals surface area contributed by atoms with Gasteiger partial charge < -0.3 is 9.84 Å². The highest BCUT2D eigenvalue weighted by atomic mass is 35.5. The summed E-state index contributed by atoms with van der Waals surface area (Å²) in [5.74, 6) is 0.640. The number of aromatic nitrogens is 1. The summed E-state index contributed by atoms with van der Waals surface area (Å²) < 4.78 is 5.74. The van der Waals surface area contributed by atoms with Crippen LogP contribution in [0.5, 0.6) is 5.75 Å². The molecule has 0 spiro atoms. The fraction of sp³-hybridized carbons (Fsp3) is 0.267. The molecule has 2 aromatic rings. The van der Waals surface area contributed by atoms with E-state index in [-0.39, 0.29) is 0 Å². The van der Waals surface area contributed by atoms with E-state index in [2.05, 4.69) is 4.98 Å². The van der Waals surface area contributed by atoms with Gasteiger partial charge in [-0.05, 0) is 43.7 Å². The van der Waals surface area contributed by atoms with Crippen molar-refractivity contribution < 1.29 is 9.84 Å². The van der Waals surface area contributed by atoms with Crippen LogP contribution < -0.4 is 4.74 Å². The van der Waals surface area contributed by atoms with Crippen LogP contribution in [-0.4, -0.2) is 10.1 Å². The van der Waals surface area contributed by atoms with E-state index in [1.807, 2.05) is 13.0 Å². The monoisotopic (exact) mass is 277 g/mol. The molecule has 100 valence electrons. The van der Waals surface area contributed by atoms with Gasteiger partial charge in [0.1, 0.15) is 12.4 Å². The van der Waals surface area contributed by atoms with Gasteiger partial charge in [-0.1, -0.05) is 11.6 Å².